The van der Waals surface area contributed by atoms with Crippen LogP contribution in [0, 0.1) is 22.5 Å². The van der Waals surface area contributed by atoms with Crippen molar-refractivity contribution in [2.24, 2.45) is 5.41 Å². The second-order valence-corrected chi connectivity index (χ2v) is 6.89. The molecule has 0 saturated carbocycles. The first-order valence-corrected chi connectivity index (χ1v) is 7.91. The summed E-state index contributed by atoms with van der Waals surface area (Å²) in [6.45, 7) is 7.73. The number of para-hydroxylation sites is 1. The third kappa shape index (κ3) is 4.52. The summed E-state index contributed by atoms with van der Waals surface area (Å²) in [5, 5.41) is 14.9. The van der Waals surface area contributed by atoms with E-state index in [1.807, 2.05) is 20.8 Å². The number of nitro benzene ring substituents is 1. The van der Waals surface area contributed by atoms with Crippen molar-refractivity contribution in [3.63, 3.8) is 0 Å². The van der Waals surface area contributed by atoms with Crippen molar-refractivity contribution in [2.45, 2.75) is 40.2 Å². The van der Waals surface area contributed by atoms with Gasteiger partial charge in [0, 0.05) is 16.9 Å². The van der Waals surface area contributed by atoms with Crippen molar-refractivity contribution in [2.75, 3.05) is 5.33 Å². The summed E-state index contributed by atoms with van der Waals surface area (Å²) in [6.07, 6.45) is 0.759. The molecule has 0 heterocycles. The largest absolute Gasteiger partial charge is 0.349 e. The van der Waals surface area contributed by atoms with Crippen molar-refractivity contribution in [1.82, 2.24) is 5.32 Å². The third-order valence-electron chi connectivity index (χ3n) is 3.41. The van der Waals surface area contributed by atoms with Gasteiger partial charge in [-0.15, -0.1) is 0 Å². The van der Waals surface area contributed by atoms with Crippen LogP contribution in [0.2, 0.25) is 0 Å². The summed E-state index contributed by atoms with van der Waals surface area (Å²) in [7, 11) is 0. The molecule has 0 fully saturated rings. The van der Waals surface area contributed by atoms with Gasteiger partial charge in [-0.3, -0.25) is 14.9 Å². The Labute approximate surface area is 133 Å². The third-order valence-corrected chi connectivity index (χ3v) is 3.87. The first kappa shape index (κ1) is 17.6. The fourth-order valence-corrected chi connectivity index (χ4v) is 2.61. The number of hydrogen-bond acceptors (Lipinski definition) is 3. The number of hydrogen-bond donors (Lipinski definition) is 1. The lowest BCUT2D eigenvalue weighted by Crippen LogP contribution is -2.44. The van der Waals surface area contributed by atoms with Gasteiger partial charge >= 0.3 is 0 Å². The molecule has 1 rings (SSSR count). The van der Waals surface area contributed by atoms with Gasteiger partial charge < -0.3 is 5.32 Å². The van der Waals surface area contributed by atoms with E-state index in [0.717, 1.165) is 11.8 Å². The van der Waals surface area contributed by atoms with Crippen molar-refractivity contribution >= 4 is 27.5 Å². The molecule has 116 valence electrons. The van der Waals surface area contributed by atoms with Crippen LogP contribution in [0.5, 0.6) is 0 Å². The molecule has 1 atom stereocenters. The molecule has 5 nitrogen and oxygen atoms in total. The second kappa shape index (κ2) is 7.02. The van der Waals surface area contributed by atoms with Crippen molar-refractivity contribution in [3.8, 4) is 0 Å². The van der Waals surface area contributed by atoms with E-state index in [4.69, 9.17) is 0 Å². The summed E-state index contributed by atoms with van der Waals surface area (Å²) >= 11 is 3.38. The smallest absolute Gasteiger partial charge is 0.285 e. The molecular formula is C15H21BrN2O3. The number of nitrogens with zero attached hydrogens (tertiary/aromatic N) is 1. The number of carbonyl (C=O) groups excluding carboxylic acids is 1. The molecule has 1 N–H and O–H groups in total. The molecule has 21 heavy (non-hydrogen) atoms. The van der Waals surface area contributed by atoms with Gasteiger partial charge in [-0.25, -0.2) is 0 Å². The highest BCUT2D eigenvalue weighted by molar-refractivity contribution is 9.09. The van der Waals surface area contributed by atoms with Gasteiger partial charge in [-0.05, 0) is 24.8 Å². The highest BCUT2D eigenvalue weighted by atomic mass is 79.9. The molecular weight excluding hydrogens is 336 g/mol. The Morgan fingerprint density at radius 1 is 1.43 bits per heavy atom. The molecule has 0 aliphatic heterocycles. The Hall–Kier alpha value is -1.43. The van der Waals surface area contributed by atoms with Crippen LogP contribution in [0.15, 0.2) is 18.2 Å². The molecule has 0 aliphatic rings. The van der Waals surface area contributed by atoms with Crippen molar-refractivity contribution < 1.29 is 9.72 Å². The summed E-state index contributed by atoms with van der Waals surface area (Å²) in [5.41, 5.74) is 0.355. The number of amides is 1. The number of carbonyl (C=O) groups is 1. The maximum atomic E-state index is 12.4. The van der Waals surface area contributed by atoms with E-state index < -0.39 is 10.8 Å². The number of halogens is 1. The van der Waals surface area contributed by atoms with Gasteiger partial charge in [-0.1, -0.05) is 48.8 Å². The lowest BCUT2D eigenvalue weighted by atomic mass is 9.85. The molecule has 1 amide bonds. The summed E-state index contributed by atoms with van der Waals surface area (Å²) in [5.74, 6) is -0.397. The molecule has 1 unspecified atom stereocenters. The van der Waals surface area contributed by atoms with Crippen molar-refractivity contribution in [1.29, 1.82) is 0 Å². The van der Waals surface area contributed by atoms with Crippen LogP contribution in [0.4, 0.5) is 5.69 Å². The molecule has 1 aromatic carbocycles. The average molecular weight is 357 g/mol. The van der Waals surface area contributed by atoms with Gasteiger partial charge in [0.1, 0.15) is 5.56 Å². The Bertz CT molecular complexity index is 538. The predicted molar refractivity (Wildman–Crippen MR) is 87.0 cm³/mol. The quantitative estimate of drug-likeness (QED) is 0.494. The SMILES string of the molecule is Cc1cccc(C(=O)NC(CCBr)C(C)(C)C)c1[N+](=O)[O-]. The molecule has 0 bridgehead atoms. The van der Waals surface area contributed by atoms with Crippen molar-refractivity contribution in [3.05, 3.63) is 39.4 Å². The van der Waals surface area contributed by atoms with E-state index in [1.165, 1.54) is 6.07 Å². The highest BCUT2D eigenvalue weighted by Gasteiger charge is 2.29. The van der Waals surface area contributed by atoms with Gasteiger partial charge in [0.15, 0.2) is 0 Å². The van der Waals surface area contributed by atoms with Crippen LogP contribution in [-0.4, -0.2) is 22.2 Å². The maximum Gasteiger partial charge on any atom is 0.285 e. The Balaban J connectivity index is 3.09. The van der Waals surface area contributed by atoms with Crippen LogP contribution in [-0.2, 0) is 0 Å². The van der Waals surface area contributed by atoms with E-state index in [9.17, 15) is 14.9 Å². The van der Waals surface area contributed by atoms with Gasteiger partial charge in [0.05, 0.1) is 4.92 Å². The van der Waals surface area contributed by atoms with E-state index >= 15 is 0 Å². The molecule has 0 aromatic heterocycles. The number of alkyl halides is 1. The first-order valence-electron chi connectivity index (χ1n) is 6.79. The molecule has 0 aliphatic carbocycles. The predicted octanol–water partition coefficient (Wildman–Crippen LogP) is 3.83. The van der Waals surface area contributed by atoms with Gasteiger partial charge in [0.25, 0.3) is 11.6 Å². The van der Waals surface area contributed by atoms with Crippen LogP contribution >= 0.6 is 15.9 Å². The van der Waals surface area contributed by atoms with Crippen LogP contribution in [0.1, 0.15) is 43.1 Å². The number of nitrogens with one attached hydrogen (secondary N) is 1. The molecule has 6 heteroatoms. The highest BCUT2D eigenvalue weighted by Crippen LogP contribution is 2.26. The standard InChI is InChI=1S/C15H21BrN2O3/c1-10-6-5-7-11(13(10)18(20)21)14(19)17-12(8-9-16)15(2,3)4/h5-7,12H,8-9H2,1-4H3,(H,17,19). The Morgan fingerprint density at radius 3 is 2.52 bits per heavy atom. The monoisotopic (exact) mass is 356 g/mol. The normalized spacial score (nSPS) is 12.8. The summed E-state index contributed by atoms with van der Waals surface area (Å²) < 4.78 is 0. The minimum Gasteiger partial charge on any atom is -0.349 e. The Kier molecular flexibility index (Phi) is 5.89. The topological polar surface area (TPSA) is 72.2 Å². The molecule has 0 saturated heterocycles. The number of aryl methyl sites for hydroxylation is 1. The van der Waals surface area contributed by atoms with Crippen LogP contribution in [0.3, 0.4) is 0 Å². The average Bonchev–Trinajstić information content (AvgIpc) is 2.36. The summed E-state index contributed by atoms with van der Waals surface area (Å²) in [6, 6.07) is 4.72. The van der Waals surface area contributed by atoms with Crippen LogP contribution in [0.25, 0.3) is 0 Å². The molecule has 0 spiro atoms. The molecule has 0 radical (unpaired) electrons. The Morgan fingerprint density at radius 2 is 2.05 bits per heavy atom. The minimum absolute atomic E-state index is 0.0653. The van der Waals surface area contributed by atoms with Gasteiger partial charge in [0.2, 0.25) is 0 Å². The lowest BCUT2D eigenvalue weighted by Gasteiger charge is -2.31. The van der Waals surface area contributed by atoms with E-state index in [0.29, 0.717) is 5.56 Å². The zero-order chi connectivity index (χ0) is 16.2. The number of rotatable bonds is 5. The summed E-state index contributed by atoms with van der Waals surface area (Å²) in [4.78, 5) is 23.1. The minimum atomic E-state index is -0.499. The van der Waals surface area contributed by atoms with Gasteiger partial charge in [-0.2, -0.15) is 0 Å². The fourth-order valence-electron chi connectivity index (χ4n) is 2.15. The lowest BCUT2D eigenvalue weighted by molar-refractivity contribution is -0.385. The van der Waals surface area contributed by atoms with E-state index in [2.05, 4.69) is 21.2 Å². The van der Waals surface area contributed by atoms with Crippen LogP contribution < -0.4 is 5.32 Å². The van der Waals surface area contributed by atoms with E-state index in [1.54, 1.807) is 19.1 Å². The maximum absolute atomic E-state index is 12.4. The fraction of sp³-hybridized carbons (Fsp3) is 0.533. The number of nitro groups is 1. The molecule has 1 aromatic rings. The zero-order valence-corrected chi connectivity index (χ0v) is 14.4. The second-order valence-electron chi connectivity index (χ2n) is 6.10. The number of benzene rings is 1. The first-order chi connectivity index (χ1) is 9.68. The zero-order valence-electron chi connectivity index (χ0n) is 12.8. The van der Waals surface area contributed by atoms with E-state index in [-0.39, 0.29) is 22.7 Å².